The number of para-hydroxylation sites is 1. The number of aryl methyl sites for hydroxylation is 1. The number of fused-ring (bicyclic) bond motifs is 1. The lowest BCUT2D eigenvalue weighted by atomic mass is 10.1. The van der Waals surface area contributed by atoms with Crippen LogP contribution >= 0.6 is 0 Å². The maximum atomic E-state index is 12.6. The Kier molecular flexibility index (Phi) is 4.06. The zero-order chi connectivity index (χ0) is 18.3. The minimum absolute atomic E-state index is 0.0846. The third-order valence-electron chi connectivity index (χ3n) is 5.00. The highest BCUT2D eigenvalue weighted by atomic mass is 16.2. The van der Waals surface area contributed by atoms with E-state index < -0.39 is 0 Å². The van der Waals surface area contributed by atoms with E-state index in [1.165, 1.54) is 23.7 Å². The lowest BCUT2D eigenvalue weighted by Gasteiger charge is -2.15. The number of hydrogen-bond acceptors (Lipinski definition) is 4. The Bertz CT molecular complexity index is 1030. The first-order chi connectivity index (χ1) is 12.5. The molecular formula is C19H21N5O2. The molecule has 1 amide bonds. The average molecular weight is 351 g/mol. The second kappa shape index (κ2) is 6.40. The summed E-state index contributed by atoms with van der Waals surface area (Å²) < 4.78 is 3.18. The first-order valence-electron chi connectivity index (χ1n) is 8.82. The molecule has 2 aromatic heterocycles. The summed E-state index contributed by atoms with van der Waals surface area (Å²) in [4.78, 5) is 29.4. The number of rotatable bonds is 5. The molecule has 0 saturated heterocycles. The van der Waals surface area contributed by atoms with Gasteiger partial charge in [-0.05, 0) is 44.2 Å². The number of nitrogens with zero attached hydrogens (tertiary/aromatic N) is 4. The van der Waals surface area contributed by atoms with E-state index >= 15 is 0 Å². The fourth-order valence-corrected chi connectivity index (χ4v) is 3.30. The van der Waals surface area contributed by atoms with Crippen molar-refractivity contribution in [2.75, 3.05) is 5.32 Å². The van der Waals surface area contributed by atoms with Gasteiger partial charge in [0.15, 0.2) is 0 Å². The first-order valence-corrected chi connectivity index (χ1v) is 8.82. The molecule has 1 aliphatic carbocycles. The highest BCUT2D eigenvalue weighted by Gasteiger charge is 2.30. The predicted octanol–water partition coefficient (Wildman–Crippen LogP) is 2.51. The van der Waals surface area contributed by atoms with E-state index in [1.54, 1.807) is 18.3 Å². The molecule has 1 unspecified atom stereocenters. The zero-order valence-electron chi connectivity index (χ0n) is 14.8. The molecule has 2 heterocycles. The smallest absolute Gasteiger partial charge is 0.261 e. The number of amides is 1. The fourth-order valence-electron chi connectivity index (χ4n) is 3.30. The van der Waals surface area contributed by atoms with Crippen LogP contribution < -0.4 is 10.9 Å². The normalized spacial score (nSPS) is 15.2. The third-order valence-corrected chi connectivity index (χ3v) is 5.00. The second-order valence-electron chi connectivity index (χ2n) is 6.94. The zero-order valence-corrected chi connectivity index (χ0v) is 14.8. The summed E-state index contributed by atoms with van der Waals surface area (Å²) in [6.45, 7) is 3.94. The lowest BCUT2D eigenvalue weighted by molar-refractivity contribution is -0.116. The van der Waals surface area contributed by atoms with E-state index in [2.05, 4.69) is 22.3 Å². The van der Waals surface area contributed by atoms with Crippen LogP contribution in [0.5, 0.6) is 0 Å². The van der Waals surface area contributed by atoms with Crippen molar-refractivity contribution < 1.29 is 4.79 Å². The number of carbonyl (C=O) groups is 1. The molecule has 0 spiro atoms. The number of aromatic nitrogens is 4. The average Bonchev–Trinajstić information content (AvgIpc) is 3.37. The Balaban J connectivity index is 1.54. The van der Waals surface area contributed by atoms with Crippen molar-refractivity contribution in [2.24, 2.45) is 5.92 Å². The van der Waals surface area contributed by atoms with Crippen LogP contribution in [0.3, 0.4) is 0 Å². The summed E-state index contributed by atoms with van der Waals surface area (Å²) in [6.07, 6.45) is 5.51. The number of nitrogens with one attached hydrogen (secondary N) is 1. The van der Waals surface area contributed by atoms with Gasteiger partial charge in [-0.3, -0.25) is 14.2 Å². The van der Waals surface area contributed by atoms with Crippen LogP contribution in [0.15, 0.2) is 41.6 Å². The van der Waals surface area contributed by atoms with Gasteiger partial charge in [-0.2, -0.15) is 5.10 Å². The Morgan fingerprint density at radius 2 is 2.15 bits per heavy atom. The predicted molar refractivity (Wildman–Crippen MR) is 99.0 cm³/mol. The van der Waals surface area contributed by atoms with Gasteiger partial charge in [-0.1, -0.05) is 12.1 Å². The van der Waals surface area contributed by atoms with Crippen LogP contribution in [0, 0.1) is 12.8 Å². The van der Waals surface area contributed by atoms with Crippen molar-refractivity contribution in [3.8, 4) is 0 Å². The SMILES string of the molecule is Cc1cccc2c(=O)n(CC(=O)Nc3ccnn3C(C)C3CC3)cnc12. The molecule has 0 aliphatic heterocycles. The first kappa shape index (κ1) is 16.5. The Morgan fingerprint density at radius 1 is 1.35 bits per heavy atom. The van der Waals surface area contributed by atoms with Gasteiger partial charge >= 0.3 is 0 Å². The monoisotopic (exact) mass is 351 g/mol. The molecule has 0 radical (unpaired) electrons. The highest BCUT2D eigenvalue weighted by molar-refractivity contribution is 5.90. The molecule has 1 N–H and O–H groups in total. The minimum atomic E-state index is -0.273. The van der Waals surface area contributed by atoms with Gasteiger partial charge in [0.2, 0.25) is 5.91 Å². The van der Waals surface area contributed by atoms with E-state index in [1.807, 2.05) is 23.7 Å². The van der Waals surface area contributed by atoms with Gasteiger partial charge < -0.3 is 5.32 Å². The van der Waals surface area contributed by atoms with Crippen LogP contribution in [0.1, 0.15) is 31.4 Å². The van der Waals surface area contributed by atoms with E-state index in [0.29, 0.717) is 22.6 Å². The molecule has 4 rings (SSSR count). The molecular weight excluding hydrogens is 330 g/mol. The van der Waals surface area contributed by atoms with Crippen molar-refractivity contribution in [2.45, 2.75) is 39.3 Å². The molecule has 0 bridgehead atoms. The minimum Gasteiger partial charge on any atom is -0.309 e. The molecule has 134 valence electrons. The van der Waals surface area contributed by atoms with Gasteiger partial charge in [0, 0.05) is 6.07 Å². The van der Waals surface area contributed by atoms with Crippen LogP contribution in [0.25, 0.3) is 10.9 Å². The van der Waals surface area contributed by atoms with E-state index in [9.17, 15) is 9.59 Å². The van der Waals surface area contributed by atoms with Crippen molar-refractivity contribution in [3.63, 3.8) is 0 Å². The number of benzene rings is 1. The van der Waals surface area contributed by atoms with Gasteiger partial charge in [0.25, 0.3) is 5.56 Å². The van der Waals surface area contributed by atoms with Crippen LogP contribution in [-0.2, 0) is 11.3 Å². The van der Waals surface area contributed by atoms with Crippen LogP contribution in [-0.4, -0.2) is 25.2 Å². The maximum absolute atomic E-state index is 12.6. The number of carbonyl (C=O) groups excluding carboxylic acids is 1. The number of anilines is 1. The summed E-state index contributed by atoms with van der Waals surface area (Å²) in [5.74, 6) is 1.01. The van der Waals surface area contributed by atoms with Gasteiger partial charge in [-0.25, -0.2) is 9.67 Å². The highest BCUT2D eigenvalue weighted by Crippen LogP contribution is 2.40. The third kappa shape index (κ3) is 3.00. The van der Waals surface area contributed by atoms with Crippen molar-refractivity contribution in [1.29, 1.82) is 0 Å². The molecule has 1 saturated carbocycles. The Morgan fingerprint density at radius 3 is 2.92 bits per heavy atom. The van der Waals surface area contributed by atoms with E-state index in [0.717, 1.165) is 5.56 Å². The fraction of sp³-hybridized carbons (Fsp3) is 0.368. The number of hydrogen-bond donors (Lipinski definition) is 1. The molecule has 7 heteroatoms. The van der Waals surface area contributed by atoms with Crippen molar-refractivity contribution >= 4 is 22.6 Å². The van der Waals surface area contributed by atoms with Gasteiger partial charge in [0.05, 0.1) is 29.5 Å². The summed E-state index contributed by atoms with van der Waals surface area (Å²) in [6, 6.07) is 7.50. The quantitative estimate of drug-likeness (QED) is 0.766. The van der Waals surface area contributed by atoms with Crippen molar-refractivity contribution in [3.05, 3.63) is 52.7 Å². The standard InChI is InChI=1S/C19H21N5O2/c1-12-4-3-5-15-18(12)20-11-23(19(15)26)10-17(25)22-16-8-9-21-24(16)13(2)14-6-7-14/h3-5,8-9,11,13-14H,6-7,10H2,1-2H3,(H,22,25). The maximum Gasteiger partial charge on any atom is 0.261 e. The molecule has 1 aromatic carbocycles. The molecule has 1 aliphatic rings. The largest absolute Gasteiger partial charge is 0.309 e. The van der Waals surface area contributed by atoms with Crippen LogP contribution in [0.2, 0.25) is 0 Å². The van der Waals surface area contributed by atoms with E-state index in [4.69, 9.17) is 0 Å². The lowest BCUT2D eigenvalue weighted by Crippen LogP contribution is -2.29. The molecule has 3 aromatic rings. The summed E-state index contributed by atoms with van der Waals surface area (Å²) >= 11 is 0. The second-order valence-corrected chi connectivity index (χ2v) is 6.94. The molecule has 1 fully saturated rings. The summed E-state index contributed by atoms with van der Waals surface area (Å²) in [5.41, 5.74) is 1.40. The summed E-state index contributed by atoms with van der Waals surface area (Å²) in [5, 5.41) is 7.71. The van der Waals surface area contributed by atoms with Gasteiger partial charge in [0.1, 0.15) is 12.4 Å². The molecule has 7 nitrogen and oxygen atoms in total. The molecule has 26 heavy (non-hydrogen) atoms. The van der Waals surface area contributed by atoms with Crippen molar-refractivity contribution in [1.82, 2.24) is 19.3 Å². The van der Waals surface area contributed by atoms with Crippen LogP contribution in [0.4, 0.5) is 5.82 Å². The van der Waals surface area contributed by atoms with E-state index in [-0.39, 0.29) is 24.1 Å². The topological polar surface area (TPSA) is 81.8 Å². The van der Waals surface area contributed by atoms with Gasteiger partial charge in [-0.15, -0.1) is 0 Å². The summed E-state index contributed by atoms with van der Waals surface area (Å²) in [7, 11) is 0. The Labute approximate surface area is 150 Å². The Hall–Kier alpha value is -2.96. The molecule has 1 atom stereocenters.